The van der Waals surface area contributed by atoms with Crippen LogP contribution in [0.5, 0.6) is 5.75 Å². The number of para-hydroxylation sites is 1. The molecule has 2 heterocycles. The fraction of sp³-hybridized carbons (Fsp3) is 0.333. The van der Waals surface area contributed by atoms with Crippen molar-refractivity contribution in [3.63, 3.8) is 0 Å². The lowest BCUT2D eigenvalue weighted by atomic mass is 10.1. The van der Waals surface area contributed by atoms with Crippen molar-refractivity contribution in [2.45, 2.75) is 25.4 Å². The van der Waals surface area contributed by atoms with E-state index in [1.807, 2.05) is 16.8 Å². The van der Waals surface area contributed by atoms with Crippen LogP contribution in [0.4, 0.5) is 0 Å². The first-order valence-electron chi connectivity index (χ1n) is 5.71. The first-order chi connectivity index (χ1) is 8.24. The van der Waals surface area contributed by atoms with Gasteiger partial charge in [0.1, 0.15) is 11.6 Å². The molecule has 0 amide bonds. The van der Waals surface area contributed by atoms with Crippen molar-refractivity contribution in [1.29, 1.82) is 0 Å². The minimum Gasteiger partial charge on any atom is -0.507 e. The average Bonchev–Trinajstić information content (AvgIpc) is 2.72. The zero-order valence-corrected chi connectivity index (χ0v) is 9.37. The molecule has 1 aliphatic heterocycles. The number of rotatable bonds is 1. The third-order valence-electron chi connectivity index (χ3n) is 3.05. The van der Waals surface area contributed by atoms with Crippen molar-refractivity contribution in [2.24, 2.45) is 5.73 Å². The van der Waals surface area contributed by atoms with Crippen molar-refractivity contribution in [2.75, 3.05) is 0 Å². The molecular formula is C12H14N4O. The number of phenolic OH excluding ortho intramolecular Hbond substituents is 1. The van der Waals surface area contributed by atoms with Gasteiger partial charge in [0.25, 0.3) is 0 Å². The van der Waals surface area contributed by atoms with Crippen molar-refractivity contribution in [3.8, 4) is 17.1 Å². The summed E-state index contributed by atoms with van der Waals surface area (Å²) >= 11 is 0. The van der Waals surface area contributed by atoms with Crippen molar-refractivity contribution < 1.29 is 5.11 Å². The molecule has 0 saturated carbocycles. The fourth-order valence-corrected chi connectivity index (χ4v) is 2.11. The van der Waals surface area contributed by atoms with Gasteiger partial charge in [0, 0.05) is 19.0 Å². The molecule has 1 aromatic heterocycles. The second kappa shape index (κ2) is 3.85. The number of hydrogen-bond donors (Lipinski definition) is 2. The number of fused-ring (bicyclic) bond motifs is 1. The Kier molecular flexibility index (Phi) is 2.33. The minimum atomic E-state index is 0.170. The molecule has 1 aromatic carbocycles. The number of phenols is 1. The molecule has 3 rings (SSSR count). The molecule has 88 valence electrons. The molecule has 3 N–H and O–H groups in total. The third-order valence-corrected chi connectivity index (χ3v) is 3.05. The zero-order chi connectivity index (χ0) is 11.8. The smallest absolute Gasteiger partial charge is 0.185 e. The molecule has 1 aliphatic rings. The van der Waals surface area contributed by atoms with Crippen molar-refractivity contribution >= 4 is 0 Å². The van der Waals surface area contributed by atoms with Crippen LogP contribution in [0.3, 0.4) is 0 Å². The Morgan fingerprint density at radius 1 is 1.35 bits per heavy atom. The number of hydrogen-bond acceptors (Lipinski definition) is 4. The topological polar surface area (TPSA) is 77.0 Å². The highest BCUT2D eigenvalue weighted by atomic mass is 16.3. The molecule has 0 saturated heterocycles. The van der Waals surface area contributed by atoms with Gasteiger partial charge in [0.05, 0.1) is 5.56 Å². The van der Waals surface area contributed by atoms with Crippen molar-refractivity contribution in [1.82, 2.24) is 14.8 Å². The van der Waals surface area contributed by atoms with Crippen LogP contribution < -0.4 is 5.73 Å². The molecule has 1 atom stereocenters. The van der Waals surface area contributed by atoms with Crippen LogP contribution in [-0.4, -0.2) is 25.9 Å². The summed E-state index contributed by atoms with van der Waals surface area (Å²) in [4.78, 5) is 4.44. The average molecular weight is 230 g/mol. The second-order valence-corrected chi connectivity index (χ2v) is 4.34. The predicted molar refractivity (Wildman–Crippen MR) is 63.4 cm³/mol. The van der Waals surface area contributed by atoms with E-state index in [2.05, 4.69) is 10.1 Å². The van der Waals surface area contributed by atoms with Crippen molar-refractivity contribution in [3.05, 3.63) is 30.1 Å². The summed E-state index contributed by atoms with van der Waals surface area (Å²) in [6.45, 7) is 0.803. The monoisotopic (exact) mass is 230 g/mol. The number of aromatic hydroxyl groups is 1. The Balaban J connectivity index is 2.03. The normalized spacial score (nSPS) is 19.0. The van der Waals surface area contributed by atoms with Gasteiger partial charge >= 0.3 is 0 Å². The van der Waals surface area contributed by atoms with E-state index in [4.69, 9.17) is 5.73 Å². The van der Waals surface area contributed by atoms with Crippen LogP contribution in [0.1, 0.15) is 12.2 Å². The van der Waals surface area contributed by atoms with Gasteiger partial charge in [-0.1, -0.05) is 12.1 Å². The summed E-state index contributed by atoms with van der Waals surface area (Å²) in [5, 5.41) is 14.2. The maximum absolute atomic E-state index is 9.76. The first-order valence-corrected chi connectivity index (χ1v) is 5.71. The molecule has 0 spiro atoms. The summed E-state index contributed by atoms with van der Waals surface area (Å²) in [7, 11) is 0. The molecular weight excluding hydrogens is 216 g/mol. The third kappa shape index (κ3) is 1.78. The van der Waals surface area contributed by atoms with Gasteiger partial charge in [-0.25, -0.2) is 9.67 Å². The van der Waals surface area contributed by atoms with E-state index in [1.165, 1.54) is 0 Å². The van der Waals surface area contributed by atoms with Gasteiger partial charge in [-0.15, -0.1) is 0 Å². The highest BCUT2D eigenvalue weighted by molar-refractivity contribution is 5.63. The van der Waals surface area contributed by atoms with Gasteiger partial charge in [0.2, 0.25) is 0 Å². The summed E-state index contributed by atoms with van der Waals surface area (Å²) in [6, 6.07) is 7.27. The number of aryl methyl sites for hydroxylation is 1. The van der Waals surface area contributed by atoms with Gasteiger partial charge in [0.15, 0.2) is 5.82 Å². The van der Waals surface area contributed by atoms with E-state index in [9.17, 15) is 5.11 Å². The van der Waals surface area contributed by atoms with Crippen LogP contribution in [0.25, 0.3) is 11.4 Å². The Morgan fingerprint density at radius 2 is 2.18 bits per heavy atom. The molecule has 0 radical (unpaired) electrons. The summed E-state index contributed by atoms with van der Waals surface area (Å²) < 4.78 is 1.88. The number of aromatic nitrogens is 3. The lowest BCUT2D eigenvalue weighted by molar-refractivity contribution is 0.433. The molecule has 0 fully saturated rings. The van der Waals surface area contributed by atoms with Crippen LogP contribution in [0.15, 0.2) is 24.3 Å². The van der Waals surface area contributed by atoms with E-state index in [1.54, 1.807) is 12.1 Å². The highest BCUT2D eigenvalue weighted by Gasteiger charge is 2.20. The molecule has 1 unspecified atom stereocenters. The standard InChI is InChI=1S/C12H14N4O/c13-8-5-6-16-11(7-8)14-12(15-16)9-3-1-2-4-10(9)17/h1-4,8,17H,5-7,13H2. The quantitative estimate of drug-likeness (QED) is 0.763. The number of nitrogens with zero attached hydrogens (tertiary/aromatic N) is 3. The number of benzene rings is 1. The second-order valence-electron chi connectivity index (χ2n) is 4.34. The van der Waals surface area contributed by atoms with E-state index in [-0.39, 0.29) is 11.8 Å². The van der Waals surface area contributed by atoms with Gasteiger partial charge < -0.3 is 10.8 Å². The molecule has 0 aliphatic carbocycles. The zero-order valence-electron chi connectivity index (χ0n) is 9.37. The van der Waals surface area contributed by atoms with Crippen LogP contribution in [0, 0.1) is 0 Å². The first kappa shape index (κ1) is 10.3. The SMILES string of the molecule is NC1CCn2nc(-c3ccccc3O)nc2C1. The van der Waals surface area contributed by atoms with E-state index < -0.39 is 0 Å². The maximum Gasteiger partial charge on any atom is 0.185 e. The Hall–Kier alpha value is -1.88. The lowest BCUT2D eigenvalue weighted by Gasteiger charge is -2.17. The highest BCUT2D eigenvalue weighted by Crippen LogP contribution is 2.26. The molecule has 17 heavy (non-hydrogen) atoms. The summed E-state index contributed by atoms with van der Waals surface area (Å²) in [5.41, 5.74) is 6.57. The van der Waals surface area contributed by atoms with Gasteiger partial charge in [-0.3, -0.25) is 0 Å². The van der Waals surface area contributed by atoms with Crippen LogP contribution >= 0.6 is 0 Å². The van der Waals surface area contributed by atoms with Gasteiger partial charge in [-0.2, -0.15) is 5.10 Å². The summed E-state index contributed by atoms with van der Waals surface area (Å²) in [5.74, 6) is 1.69. The number of nitrogens with two attached hydrogens (primary N) is 1. The van der Waals surface area contributed by atoms with E-state index >= 15 is 0 Å². The lowest BCUT2D eigenvalue weighted by Crippen LogP contribution is -2.31. The van der Waals surface area contributed by atoms with E-state index in [0.29, 0.717) is 11.4 Å². The van der Waals surface area contributed by atoms with Crippen LogP contribution in [-0.2, 0) is 13.0 Å². The largest absolute Gasteiger partial charge is 0.507 e. The fourth-order valence-electron chi connectivity index (χ4n) is 2.11. The van der Waals surface area contributed by atoms with E-state index in [0.717, 1.165) is 25.2 Å². The molecule has 5 heteroatoms. The summed E-state index contributed by atoms with van der Waals surface area (Å²) in [6.07, 6.45) is 1.68. The Morgan fingerprint density at radius 3 is 3.00 bits per heavy atom. The Bertz CT molecular complexity index is 549. The predicted octanol–water partition coefficient (Wildman–Crippen LogP) is 0.924. The molecule has 0 bridgehead atoms. The van der Waals surface area contributed by atoms with Gasteiger partial charge in [-0.05, 0) is 18.6 Å². The maximum atomic E-state index is 9.76. The Labute approximate surface area is 98.9 Å². The molecule has 5 nitrogen and oxygen atoms in total. The molecule has 2 aromatic rings. The minimum absolute atomic E-state index is 0.170. The van der Waals surface area contributed by atoms with Crippen LogP contribution in [0.2, 0.25) is 0 Å².